The molecule has 0 saturated carbocycles. The second-order valence-corrected chi connectivity index (χ2v) is 9.54. The van der Waals surface area contributed by atoms with Crippen molar-refractivity contribution >= 4 is 45.3 Å². The molecule has 174 valence electrons. The second-order valence-electron chi connectivity index (χ2n) is 7.07. The lowest BCUT2D eigenvalue weighted by molar-refractivity contribution is -0.145. The SMILES string of the molecule is CCOC(=O)COc1ccc(Sc2cc(Br)cc(OCCCN3CCOCC3)c2)cc1Cl. The lowest BCUT2D eigenvalue weighted by Gasteiger charge is -2.26. The molecule has 0 atom stereocenters. The van der Waals surface area contributed by atoms with Crippen LogP contribution in [0.2, 0.25) is 5.02 Å². The molecule has 1 heterocycles. The van der Waals surface area contributed by atoms with Crippen molar-refractivity contribution < 1.29 is 23.7 Å². The zero-order valence-electron chi connectivity index (χ0n) is 18.0. The molecule has 2 aromatic carbocycles. The Morgan fingerprint density at radius 1 is 1.16 bits per heavy atom. The number of nitrogens with zero attached hydrogens (tertiary/aromatic N) is 1. The molecule has 0 bridgehead atoms. The van der Waals surface area contributed by atoms with Crippen molar-refractivity contribution in [1.82, 2.24) is 4.90 Å². The van der Waals surface area contributed by atoms with Crippen LogP contribution in [-0.2, 0) is 14.3 Å². The summed E-state index contributed by atoms with van der Waals surface area (Å²) in [6.45, 7) is 7.19. The van der Waals surface area contributed by atoms with E-state index in [1.807, 2.05) is 30.3 Å². The van der Waals surface area contributed by atoms with Gasteiger partial charge in [-0.15, -0.1) is 0 Å². The number of halogens is 2. The number of ether oxygens (including phenoxy) is 4. The minimum absolute atomic E-state index is 0.169. The van der Waals surface area contributed by atoms with Gasteiger partial charge in [-0.3, -0.25) is 4.90 Å². The van der Waals surface area contributed by atoms with Gasteiger partial charge in [-0.2, -0.15) is 0 Å². The predicted octanol–water partition coefficient (Wildman–Crippen LogP) is 5.30. The maximum absolute atomic E-state index is 11.5. The van der Waals surface area contributed by atoms with Gasteiger partial charge in [0.25, 0.3) is 0 Å². The highest BCUT2D eigenvalue weighted by atomic mass is 79.9. The van der Waals surface area contributed by atoms with Crippen LogP contribution >= 0.6 is 39.3 Å². The Kier molecular flexibility index (Phi) is 10.5. The van der Waals surface area contributed by atoms with Gasteiger partial charge in [0.15, 0.2) is 6.61 Å². The van der Waals surface area contributed by atoms with Crippen molar-refractivity contribution in [3.8, 4) is 11.5 Å². The Morgan fingerprint density at radius 3 is 2.72 bits per heavy atom. The van der Waals surface area contributed by atoms with Gasteiger partial charge in [-0.25, -0.2) is 4.79 Å². The van der Waals surface area contributed by atoms with Crippen molar-refractivity contribution in [2.24, 2.45) is 0 Å². The average Bonchev–Trinajstić information content (AvgIpc) is 2.77. The lowest BCUT2D eigenvalue weighted by Crippen LogP contribution is -2.37. The summed E-state index contributed by atoms with van der Waals surface area (Å²) in [5, 5.41) is 0.439. The van der Waals surface area contributed by atoms with Gasteiger partial charge in [0.2, 0.25) is 0 Å². The van der Waals surface area contributed by atoms with Crippen LogP contribution in [-0.4, -0.2) is 63.5 Å². The molecule has 0 spiro atoms. The third-order valence-corrected chi connectivity index (χ3v) is 6.34. The summed E-state index contributed by atoms with van der Waals surface area (Å²) in [4.78, 5) is 15.8. The fraction of sp³-hybridized carbons (Fsp3) is 0.435. The molecule has 3 rings (SSSR count). The molecule has 0 N–H and O–H groups in total. The molecular weight excluding hydrogens is 518 g/mol. The summed E-state index contributed by atoms with van der Waals surface area (Å²) in [6, 6.07) is 11.5. The lowest BCUT2D eigenvalue weighted by atomic mass is 10.3. The maximum Gasteiger partial charge on any atom is 0.344 e. The van der Waals surface area contributed by atoms with Crippen LogP contribution in [0.25, 0.3) is 0 Å². The van der Waals surface area contributed by atoms with Gasteiger partial charge in [0.1, 0.15) is 11.5 Å². The summed E-state index contributed by atoms with van der Waals surface area (Å²) in [5.41, 5.74) is 0. The molecule has 0 aromatic heterocycles. The van der Waals surface area contributed by atoms with Crippen LogP contribution in [0.5, 0.6) is 11.5 Å². The number of rotatable bonds is 11. The number of benzene rings is 2. The zero-order chi connectivity index (χ0) is 22.8. The highest BCUT2D eigenvalue weighted by Crippen LogP contribution is 2.36. The van der Waals surface area contributed by atoms with Gasteiger partial charge in [-0.05, 0) is 49.7 Å². The summed E-state index contributed by atoms with van der Waals surface area (Å²) < 4.78 is 22.6. The summed E-state index contributed by atoms with van der Waals surface area (Å²) in [6.07, 6.45) is 0.970. The molecule has 1 saturated heterocycles. The first-order valence-corrected chi connectivity index (χ1v) is 12.5. The number of hydrogen-bond acceptors (Lipinski definition) is 7. The fourth-order valence-electron chi connectivity index (χ4n) is 3.12. The van der Waals surface area contributed by atoms with E-state index in [1.54, 1.807) is 24.8 Å². The third-order valence-electron chi connectivity index (χ3n) is 4.63. The Hall–Kier alpha value is -1.45. The highest BCUT2D eigenvalue weighted by molar-refractivity contribution is 9.10. The molecule has 2 aromatic rings. The molecule has 0 aliphatic carbocycles. The molecule has 0 unspecified atom stereocenters. The van der Waals surface area contributed by atoms with Crippen LogP contribution in [0.1, 0.15) is 13.3 Å². The van der Waals surface area contributed by atoms with E-state index in [0.717, 1.165) is 59.3 Å². The molecule has 6 nitrogen and oxygen atoms in total. The van der Waals surface area contributed by atoms with E-state index in [9.17, 15) is 4.79 Å². The standard InChI is InChI=1S/C23H27BrClNO5S/c1-2-29-23(27)16-31-22-5-4-19(15-21(22)25)32-20-13-17(24)12-18(14-20)30-9-3-6-26-7-10-28-11-8-26/h4-5,12-15H,2-3,6-11,16H2,1H3. The van der Waals surface area contributed by atoms with Gasteiger partial charge in [0, 0.05) is 33.9 Å². The summed E-state index contributed by atoms with van der Waals surface area (Å²) in [7, 11) is 0. The van der Waals surface area contributed by atoms with Crippen LogP contribution in [0, 0.1) is 0 Å². The third kappa shape index (κ3) is 8.48. The minimum atomic E-state index is -0.423. The smallest absolute Gasteiger partial charge is 0.344 e. The van der Waals surface area contributed by atoms with Gasteiger partial charge in [0.05, 0.1) is 31.5 Å². The molecule has 32 heavy (non-hydrogen) atoms. The number of carbonyl (C=O) groups is 1. The Bertz CT molecular complexity index is 895. The molecule has 0 amide bonds. The Morgan fingerprint density at radius 2 is 1.97 bits per heavy atom. The number of esters is 1. The number of hydrogen-bond donors (Lipinski definition) is 0. The summed E-state index contributed by atoms with van der Waals surface area (Å²) >= 11 is 11.5. The van der Waals surface area contributed by atoms with Crippen molar-refractivity contribution in [2.45, 2.75) is 23.1 Å². The molecule has 9 heteroatoms. The molecule has 1 aliphatic heterocycles. The highest BCUT2D eigenvalue weighted by Gasteiger charge is 2.11. The minimum Gasteiger partial charge on any atom is -0.493 e. The summed E-state index contributed by atoms with van der Waals surface area (Å²) in [5.74, 6) is 0.848. The van der Waals surface area contributed by atoms with E-state index in [-0.39, 0.29) is 6.61 Å². The normalized spacial score (nSPS) is 14.2. The van der Waals surface area contributed by atoms with E-state index >= 15 is 0 Å². The van der Waals surface area contributed by atoms with Gasteiger partial charge >= 0.3 is 5.97 Å². The van der Waals surface area contributed by atoms with Crippen LogP contribution in [0.15, 0.2) is 50.7 Å². The quantitative estimate of drug-likeness (QED) is 0.281. The largest absolute Gasteiger partial charge is 0.493 e. The van der Waals surface area contributed by atoms with Crippen molar-refractivity contribution in [3.63, 3.8) is 0 Å². The maximum atomic E-state index is 11.5. The first kappa shape index (κ1) is 25.2. The van der Waals surface area contributed by atoms with E-state index in [4.69, 9.17) is 30.5 Å². The molecular formula is C23H27BrClNO5S. The zero-order valence-corrected chi connectivity index (χ0v) is 21.1. The number of morpholine rings is 1. The number of carbonyl (C=O) groups excluding carboxylic acids is 1. The molecule has 1 fully saturated rings. The van der Waals surface area contributed by atoms with Crippen molar-refractivity contribution in [2.75, 3.05) is 52.7 Å². The van der Waals surface area contributed by atoms with Crippen molar-refractivity contribution in [1.29, 1.82) is 0 Å². The van der Waals surface area contributed by atoms with E-state index in [2.05, 4.69) is 20.8 Å². The Balaban J connectivity index is 1.52. The van der Waals surface area contributed by atoms with Crippen LogP contribution in [0.3, 0.4) is 0 Å². The monoisotopic (exact) mass is 543 g/mol. The van der Waals surface area contributed by atoms with Gasteiger partial charge in [-0.1, -0.05) is 39.3 Å². The van der Waals surface area contributed by atoms with E-state index in [1.165, 1.54) is 0 Å². The molecule has 0 radical (unpaired) electrons. The van der Waals surface area contributed by atoms with Crippen LogP contribution in [0.4, 0.5) is 0 Å². The first-order chi connectivity index (χ1) is 15.5. The van der Waals surface area contributed by atoms with Gasteiger partial charge < -0.3 is 18.9 Å². The predicted molar refractivity (Wildman–Crippen MR) is 129 cm³/mol. The van der Waals surface area contributed by atoms with E-state index in [0.29, 0.717) is 24.0 Å². The van der Waals surface area contributed by atoms with Crippen LogP contribution < -0.4 is 9.47 Å². The fourth-order valence-corrected chi connectivity index (χ4v) is 4.99. The Labute approximate surface area is 206 Å². The first-order valence-electron chi connectivity index (χ1n) is 10.5. The van der Waals surface area contributed by atoms with Crippen molar-refractivity contribution in [3.05, 3.63) is 45.9 Å². The van der Waals surface area contributed by atoms with E-state index < -0.39 is 5.97 Å². The second kappa shape index (κ2) is 13.3. The topological polar surface area (TPSA) is 57.2 Å². The average molecular weight is 545 g/mol. The molecule has 1 aliphatic rings.